The van der Waals surface area contributed by atoms with E-state index in [-0.39, 0.29) is 5.91 Å². The fourth-order valence-corrected chi connectivity index (χ4v) is 5.29. The van der Waals surface area contributed by atoms with E-state index in [1.807, 2.05) is 72.1 Å². The lowest BCUT2D eigenvalue weighted by molar-refractivity contribution is -0.121. The Morgan fingerprint density at radius 1 is 1.09 bits per heavy atom. The highest BCUT2D eigenvalue weighted by atomic mass is 35.5. The molecule has 168 valence electrons. The van der Waals surface area contributed by atoms with Crippen LogP contribution < -0.4 is 0 Å². The van der Waals surface area contributed by atoms with Crippen LogP contribution in [0.2, 0.25) is 5.02 Å². The first-order valence-electron chi connectivity index (χ1n) is 10.4. The number of aromatic nitrogens is 1. The second-order valence-corrected chi connectivity index (χ2v) is 9.59. The van der Waals surface area contributed by atoms with Crippen molar-refractivity contribution in [2.45, 2.75) is 0 Å². The highest BCUT2D eigenvalue weighted by Crippen LogP contribution is 2.36. The summed E-state index contributed by atoms with van der Waals surface area (Å²) < 4.78 is 5.95. The molecule has 0 atom stereocenters. The molecule has 1 amide bonds. The Kier molecular flexibility index (Phi) is 6.49. The van der Waals surface area contributed by atoms with Crippen molar-refractivity contribution < 1.29 is 9.21 Å². The molecular formula is C26H18ClN3O2S2. The number of furan rings is 1. The molecule has 0 radical (unpaired) electrons. The predicted molar refractivity (Wildman–Crippen MR) is 141 cm³/mol. The van der Waals surface area contributed by atoms with Gasteiger partial charge in [0.2, 0.25) is 5.13 Å². The smallest absolute Gasteiger partial charge is 0.267 e. The van der Waals surface area contributed by atoms with E-state index in [9.17, 15) is 4.79 Å². The molecule has 0 bridgehead atoms. The molecule has 5 rings (SSSR count). The van der Waals surface area contributed by atoms with Gasteiger partial charge in [-0.15, -0.1) is 17.9 Å². The van der Waals surface area contributed by atoms with Crippen LogP contribution >= 0.6 is 34.7 Å². The van der Waals surface area contributed by atoms with Crippen LogP contribution in [0.3, 0.4) is 0 Å². The molecule has 0 spiro atoms. The van der Waals surface area contributed by atoms with Gasteiger partial charge in [0.25, 0.3) is 5.91 Å². The molecule has 0 N–H and O–H groups in total. The number of amides is 1. The molecule has 34 heavy (non-hydrogen) atoms. The molecule has 1 aliphatic rings. The van der Waals surface area contributed by atoms with Crippen molar-refractivity contribution in [3.8, 4) is 22.6 Å². The number of carbonyl (C=O) groups excluding carboxylic acids is 1. The normalized spacial score (nSPS) is 16.0. The summed E-state index contributed by atoms with van der Waals surface area (Å²) in [6, 6.07) is 21.1. The maximum atomic E-state index is 13.1. The van der Waals surface area contributed by atoms with E-state index in [0.717, 1.165) is 16.8 Å². The topological polar surface area (TPSA) is 58.7 Å². The second-order valence-electron chi connectivity index (χ2n) is 7.30. The van der Waals surface area contributed by atoms with Crippen molar-refractivity contribution in [2.75, 3.05) is 6.54 Å². The van der Waals surface area contributed by atoms with Crippen molar-refractivity contribution in [2.24, 2.45) is 4.99 Å². The van der Waals surface area contributed by atoms with Crippen LogP contribution in [0.4, 0.5) is 5.13 Å². The van der Waals surface area contributed by atoms with Crippen LogP contribution in [-0.2, 0) is 4.79 Å². The highest BCUT2D eigenvalue weighted by Gasteiger charge is 2.33. The monoisotopic (exact) mass is 503 g/mol. The third-order valence-electron chi connectivity index (χ3n) is 4.96. The Bertz CT molecular complexity index is 1420. The van der Waals surface area contributed by atoms with Gasteiger partial charge in [0.05, 0.1) is 10.6 Å². The minimum absolute atomic E-state index is 0.149. The number of aliphatic imine (C=N–C) groups is 1. The lowest BCUT2D eigenvalue weighted by atomic mass is 10.2. The summed E-state index contributed by atoms with van der Waals surface area (Å²) in [5, 5.41) is 3.75. The third-order valence-corrected chi connectivity index (χ3v) is 6.94. The van der Waals surface area contributed by atoms with Gasteiger partial charge < -0.3 is 4.42 Å². The summed E-state index contributed by atoms with van der Waals surface area (Å²) >= 11 is 8.82. The maximum Gasteiger partial charge on any atom is 0.267 e. The van der Waals surface area contributed by atoms with Crippen LogP contribution in [0.1, 0.15) is 5.76 Å². The van der Waals surface area contributed by atoms with Gasteiger partial charge in [-0.05, 0) is 36.0 Å². The molecule has 4 aromatic rings. The SMILES string of the molecule is C=CCN1C(=O)/C(=C\c2ccc(-c3cccc(Cl)c3)o2)S/C1=N/c1nc(-c2ccccc2)cs1. The first-order valence-corrected chi connectivity index (χ1v) is 12.5. The van der Waals surface area contributed by atoms with Crippen molar-refractivity contribution >= 4 is 57.0 Å². The van der Waals surface area contributed by atoms with Crippen molar-refractivity contribution in [3.63, 3.8) is 0 Å². The van der Waals surface area contributed by atoms with Gasteiger partial charge >= 0.3 is 0 Å². The summed E-state index contributed by atoms with van der Waals surface area (Å²) in [5.41, 5.74) is 2.75. The zero-order valence-corrected chi connectivity index (χ0v) is 20.2. The zero-order valence-electron chi connectivity index (χ0n) is 17.8. The van der Waals surface area contributed by atoms with Gasteiger partial charge in [-0.25, -0.2) is 4.98 Å². The number of thiazole rings is 1. The minimum atomic E-state index is -0.149. The van der Waals surface area contributed by atoms with E-state index in [1.165, 1.54) is 23.1 Å². The number of halogens is 1. The molecule has 0 saturated carbocycles. The predicted octanol–water partition coefficient (Wildman–Crippen LogP) is 7.51. The first kappa shape index (κ1) is 22.4. The Morgan fingerprint density at radius 3 is 2.71 bits per heavy atom. The summed E-state index contributed by atoms with van der Waals surface area (Å²) in [5.74, 6) is 1.10. The first-order chi connectivity index (χ1) is 16.6. The Hall–Kier alpha value is -3.39. The number of nitrogens with zero attached hydrogens (tertiary/aromatic N) is 3. The minimum Gasteiger partial charge on any atom is -0.457 e. The van der Waals surface area contributed by atoms with Crippen LogP contribution in [-0.4, -0.2) is 27.5 Å². The van der Waals surface area contributed by atoms with Gasteiger partial charge in [0, 0.05) is 34.2 Å². The summed E-state index contributed by atoms with van der Waals surface area (Å²) in [6.07, 6.45) is 3.41. The van der Waals surface area contributed by atoms with Crippen LogP contribution in [0.5, 0.6) is 0 Å². The maximum absolute atomic E-state index is 13.1. The number of thioether (sulfide) groups is 1. The molecule has 1 fully saturated rings. The molecule has 0 aliphatic carbocycles. The number of carbonyl (C=O) groups is 1. The van der Waals surface area contributed by atoms with Crippen LogP contribution in [0.25, 0.3) is 28.7 Å². The van der Waals surface area contributed by atoms with Gasteiger partial charge in [-0.2, -0.15) is 4.99 Å². The van der Waals surface area contributed by atoms with Gasteiger partial charge in [-0.1, -0.05) is 60.1 Å². The molecule has 5 nitrogen and oxygen atoms in total. The Morgan fingerprint density at radius 2 is 1.91 bits per heavy atom. The molecule has 2 aromatic carbocycles. The molecule has 0 unspecified atom stereocenters. The van der Waals surface area contributed by atoms with Crippen molar-refractivity contribution in [1.29, 1.82) is 0 Å². The summed E-state index contributed by atoms with van der Waals surface area (Å²) in [6.45, 7) is 4.13. The van der Waals surface area contributed by atoms with Gasteiger partial charge in [0.1, 0.15) is 11.5 Å². The Balaban J connectivity index is 1.42. The third kappa shape index (κ3) is 4.77. The molecule has 2 aromatic heterocycles. The van der Waals surface area contributed by atoms with E-state index >= 15 is 0 Å². The van der Waals surface area contributed by atoms with E-state index in [4.69, 9.17) is 16.0 Å². The standard InChI is InChI=1S/C26H18ClN3O2S2/c1-2-13-30-24(31)23(15-20-11-12-22(32-20)18-9-6-10-19(27)14-18)34-26(30)29-25-28-21(16-33-25)17-7-4-3-5-8-17/h2-12,14-16H,1,13H2/b23-15+,29-26+. The van der Waals surface area contributed by atoms with Gasteiger partial charge in [0.15, 0.2) is 5.17 Å². The number of rotatable bonds is 6. The number of hydrogen-bond donors (Lipinski definition) is 0. The van der Waals surface area contributed by atoms with Crippen molar-refractivity contribution in [3.05, 3.63) is 100 Å². The van der Waals surface area contributed by atoms with Gasteiger partial charge in [-0.3, -0.25) is 9.69 Å². The number of benzene rings is 2. The lowest BCUT2D eigenvalue weighted by Gasteiger charge is -2.11. The zero-order chi connectivity index (χ0) is 23.5. The molecular weight excluding hydrogens is 486 g/mol. The second kappa shape index (κ2) is 9.85. The fourth-order valence-electron chi connectivity index (χ4n) is 3.38. The van der Waals surface area contributed by atoms with E-state index in [0.29, 0.717) is 38.3 Å². The molecule has 3 heterocycles. The molecule has 8 heteroatoms. The van der Waals surface area contributed by atoms with E-state index in [2.05, 4.69) is 16.6 Å². The fraction of sp³-hybridized carbons (Fsp3) is 0.0385. The van der Waals surface area contributed by atoms with Crippen LogP contribution in [0, 0.1) is 0 Å². The average Bonchev–Trinajstić information content (AvgIpc) is 3.57. The average molecular weight is 504 g/mol. The largest absolute Gasteiger partial charge is 0.457 e. The lowest BCUT2D eigenvalue weighted by Crippen LogP contribution is -2.29. The summed E-state index contributed by atoms with van der Waals surface area (Å²) in [7, 11) is 0. The molecule has 1 aliphatic heterocycles. The van der Waals surface area contributed by atoms with E-state index in [1.54, 1.807) is 17.1 Å². The van der Waals surface area contributed by atoms with E-state index < -0.39 is 0 Å². The quantitative estimate of drug-likeness (QED) is 0.202. The van der Waals surface area contributed by atoms with Crippen molar-refractivity contribution in [1.82, 2.24) is 9.88 Å². The number of amidine groups is 1. The highest BCUT2D eigenvalue weighted by molar-refractivity contribution is 8.18. The van der Waals surface area contributed by atoms with Crippen LogP contribution in [0.15, 0.2) is 99.1 Å². The summed E-state index contributed by atoms with van der Waals surface area (Å²) in [4.78, 5) is 24.5. The number of hydrogen-bond acceptors (Lipinski definition) is 6. The molecule has 1 saturated heterocycles. The Labute approximate surface area is 210 Å².